The molecule has 0 amide bonds. The summed E-state index contributed by atoms with van der Waals surface area (Å²) in [6.45, 7) is -0.526. The first-order valence-electron chi connectivity index (χ1n) is 3.87. The monoisotopic (exact) mass is 222 g/mol. The van der Waals surface area contributed by atoms with Gasteiger partial charge in [0.05, 0.1) is 22.9 Å². The highest BCUT2D eigenvalue weighted by atomic mass is 35.5. The number of hydrogen-bond donors (Lipinski definition) is 2. The number of halogens is 3. The molecule has 0 atom stereocenters. The minimum absolute atomic E-state index is 0.0576. The molecule has 0 bridgehead atoms. The summed E-state index contributed by atoms with van der Waals surface area (Å²) in [5.74, 6) is 0. The predicted octanol–water partition coefficient (Wildman–Crippen LogP) is 1.62. The molecule has 0 saturated heterocycles. The van der Waals surface area contributed by atoms with Crippen molar-refractivity contribution in [3.05, 3.63) is 28.0 Å². The van der Waals surface area contributed by atoms with Crippen LogP contribution < -0.4 is 5.73 Å². The summed E-state index contributed by atoms with van der Waals surface area (Å²) in [7, 11) is 0. The molecular formula is C8H9ClF2N2O. The molecule has 78 valence electrons. The lowest BCUT2D eigenvalue weighted by molar-refractivity contribution is 0.149. The number of alkyl halides is 2. The van der Waals surface area contributed by atoms with Gasteiger partial charge in [0.15, 0.2) is 0 Å². The van der Waals surface area contributed by atoms with Crippen LogP contribution in [0.3, 0.4) is 0 Å². The van der Waals surface area contributed by atoms with Crippen LogP contribution in [0.1, 0.15) is 23.2 Å². The van der Waals surface area contributed by atoms with Gasteiger partial charge in [-0.15, -0.1) is 0 Å². The summed E-state index contributed by atoms with van der Waals surface area (Å²) >= 11 is 5.65. The van der Waals surface area contributed by atoms with Gasteiger partial charge in [0.1, 0.15) is 0 Å². The number of nitrogens with two attached hydrogens (primary N) is 1. The standard InChI is InChI=1S/C8H9ClF2N2O/c9-7-4(3-14)2-13-5(1-12)6(7)8(10)11/h2,8,14H,1,3,12H2. The van der Waals surface area contributed by atoms with Gasteiger partial charge in [-0.25, -0.2) is 8.78 Å². The van der Waals surface area contributed by atoms with Crippen LogP contribution in [0.2, 0.25) is 5.02 Å². The van der Waals surface area contributed by atoms with E-state index in [1.54, 1.807) is 0 Å². The summed E-state index contributed by atoms with van der Waals surface area (Å²) < 4.78 is 25.1. The van der Waals surface area contributed by atoms with E-state index in [9.17, 15) is 8.78 Å². The molecule has 3 nitrogen and oxygen atoms in total. The van der Waals surface area contributed by atoms with Gasteiger partial charge in [-0.3, -0.25) is 4.98 Å². The van der Waals surface area contributed by atoms with Gasteiger partial charge in [0.2, 0.25) is 0 Å². The minimum Gasteiger partial charge on any atom is -0.392 e. The van der Waals surface area contributed by atoms with Crippen LogP contribution in [0.4, 0.5) is 8.78 Å². The molecule has 1 aromatic heterocycles. The fourth-order valence-electron chi connectivity index (χ4n) is 1.08. The minimum atomic E-state index is -2.74. The van der Waals surface area contributed by atoms with Crippen LogP contribution in [0, 0.1) is 0 Å². The predicted molar refractivity (Wildman–Crippen MR) is 48.0 cm³/mol. The van der Waals surface area contributed by atoms with Crippen molar-refractivity contribution in [2.45, 2.75) is 19.6 Å². The molecule has 1 aromatic rings. The van der Waals surface area contributed by atoms with Crippen molar-refractivity contribution >= 4 is 11.6 Å². The Labute approximate surface area is 84.5 Å². The number of pyridine rings is 1. The van der Waals surface area contributed by atoms with E-state index < -0.39 is 13.0 Å². The van der Waals surface area contributed by atoms with Crippen molar-refractivity contribution < 1.29 is 13.9 Å². The first-order valence-corrected chi connectivity index (χ1v) is 4.24. The molecule has 0 fully saturated rings. The Morgan fingerprint density at radius 2 is 2.21 bits per heavy atom. The summed E-state index contributed by atoms with van der Waals surface area (Å²) in [5, 5.41) is 8.63. The van der Waals surface area contributed by atoms with Gasteiger partial charge in [0, 0.05) is 18.3 Å². The van der Waals surface area contributed by atoms with E-state index in [4.69, 9.17) is 22.4 Å². The average molecular weight is 223 g/mol. The molecule has 14 heavy (non-hydrogen) atoms. The van der Waals surface area contributed by atoms with Crippen LogP contribution in [0.15, 0.2) is 6.20 Å². The van der Waals surface area contributed by atoms with Crippen molar-refractivity contribution in [1.82, 2.24) is 4.98 Å². The maximum absolute atomic E-state index is 12.5. The fraction of sp³-hybridized carbons (Fsp3) is 0.375. The molecule has 0 unspecified atom stereocenters. The van der Waals surface area contributed by atoms with Crippen molar-refractivity contribution in [3.63, 3.8) is 0 Å². The van der Waals surface area contributed by atoms with E-state index in [0.29, 0.717) is 0 Å². The Bertz CT molecular complexity index is 333. The first-order chi connectivity index (χ1) is 6.61. The second-order valence-corrected chi connectivity index (χ2v) is 3.00. The summed E-state index contributed by atoms with van der Waals surface area (Å²) in [6, 6.07) is 0. The number of aliphatic hydroxyl groups is 1. The Balaban J connectivity index is 3.31. The molecule has 0 aliphatic heterocycles. The summed E-state index contributed by atoms with van der Waals surface area (Å²) in [4.78, 5) is 3.70. The normalized spacial score (nSPS) is 11.0. The van der Waals surface area contributed by atoms with Crippen molar-refractivity contribution in [3.8, 4) is 0 Å². The van der Waals surface area contributed by atoms with Gasteiger partial charge in [-0.05, 0) is 0 Å². The van der Waals surface area contributed by atoms with Gasteiger partial charge in [-0.2, -0.15) is 0 Å². The molecule has 3 N–H and O–H groups in total. The van der Waals surface area contributed by atoms with Crippen LogP contribution in [-0.4, -0.2) is 10.1 Å². The number of nitrogens with zero attached hydrogens (tertiary/aromatic N) is 1. The van der Waals surface area contributed by atoms with Gasteiger partial charge in [-0.1, -0.05) is 11.6 Å². The van der Waals surface area contributed by atoms with Crippen molar-refractivity contribution in [2.24, 2.45) is 5.73 Å². The highest BCUT2D eigenvalue weighted by Gasteiger charge is 2.19. The van der Waals surface area contributed by atoms with Crippen LogP contribution in [-0.2, 0) is 13.2 Å². The number of hydrogen-bond acceptors (Lipinski definition) is 3. The van der Waals surface area contributed by atoms with E-state index in [2.05, 4.69) is 4.98 Å². The van der Waals surface area contributed by atoms with Gasteiger partial charge in [0.25, 0.3) is 6.43 Å². The maximum atomic E-state index is 12.5. The molecule has 0 aliphatic rings. The third-order valence-corrected chi connectivity index (χ3v) is 2.23. The van der Waals surface area contributed by atoms with E-state index in [0.717, 1.165) is 0 Å². The molecule has 0 aromatic carbocycles. The largest absolute Gasteiger partial charge is 0.392 e. The van der Waals surface area contributed by atoms with Crippen molar-refractivity contribution in [2.75, 3.05) is 0 Å². The lowest BCUT2D eigenvalue weighted by Gasteiger charge is -2.10. The second kappa shape index (κ2) is 4.63. The lowest BCUT2D eigenvalue weighted by Crippen LogP contribution is -2.07. The van der Waals surface area contributed by atoms with Crippen LogP contribution >= 0.6 is 11.6 Å². The highest BCUT2D eigenvalue weighted by molar-refractivity contribution is 6.32. The van der Waals surface area contributed by atoms with Gasteiger partial charge < -0.3 is 10.8 Å². The van der Waals surface area contributed by atoms with E-state index in [1.807, 2.05) is 0 Å². The topological polar surface area (TPSA) is 59.1 Å². The van der Waals surface area contributed by atoms with E-state index >= 15 is 0 Å². The Morgan fingerprint density at radius 3 is 2.64 bits per heavy atom. The zero-order valence-corrected chi connectivity index (χ0v) is 7.93. The molecule has 0 saturated carbocycles. The molecule has 6 heteroatoms. The van der Waals surface area contributed by atoms with Crippen LogP contribution in [0.25, 0.3) is 0 Å². The Kier molecular flexibility index (Phi) is 3.74. The molecule has 1 heterocycles. The average Bonchev–Trinajstić information content (AvgIpc) is 2.16. The Hall–Kier alpha value is -0.780. The van der Waals surface area contributed by atoms with E-state index in [1.165, 1.54) is 6.20 Å². The van der Waals surface area contributed by atoms with E-state index in [-0.39, 0.29) is 28.4 Å². The smallest absolute Gasteiger partial charge is 0.267 e. The van der Waals surface area contributed by atoms with Gasteiger partial charge >= 0.3 is 0 Å². The molecule has 0 aliphatic carbocycles. The molecule has 0 spiro atoms. The first kappa shape index (κ1) is 11.3. The second-order valence-electron chi connectivity index (χ2n) is 2.62. The Morgan fingerprint density at radius 1 is 1.57 bits per heavy atom. The molecule has 1 rings (SSSR count). The number of aromatic nitrogens is 1. The van der Waals surface area contributed by atoms with Crippen molar-refractivity contribution in [1.29, 1.82) is 0 Å². The fourth-order valence-corrected chi connectivity index (χ4v) is 1.38. The maximum Gasteiger partial charge on any atom is 0.267 e. The zero-order valence-electron chi connectivity index (χ0n) is 7.17. The summed E-state index contributed by atoms with van der Waals surface area (Å²) in [6.07, 6.45) is -1.49. The molecule has 0 radical (unpaired) electrons. The van der Waals surface area contributed by atoms with Crippen LogP contribution in [0.5, 0.6) is 0 Å². The summed E-state index contributed by atoms with van der Waals surface area (Å²) in [5.41, 5.74) is 5.08. The zero-order chi connectivity index (χ0) is 10.7. The SMILES string of the molecule is NCc1ncc(CO)c(Cl)c1C(F)F. The number of rotatable bonds is 3. The lowest BCUT2D eigenvalue weighted by atomic mass is 10.1. The molecular weight excluding hydrogens is 214 g/mol. The third-order valence-electron chi connectivity index (χ3n) is 1.79. The number of aliphatic hydroxyl groups excluding tert-OH is 1. The third kappa shape index (κ3) is 2.00. The quantitative estimate of drug-likeness (QED) is 0.817. The highest BCUT2D eigenvalue weighted by Crippen LogP contribution is 2.31.